The number of thiazole rings is 1. The van der Waals surface area contributed by atoms with Crippen molar-refractivity contribution in [3.63, 3.8) is 0 Å². The molecule has 3 aromatic heterocycles. The molecule has 3 heterocycles. The van der Waals surface area contributed by atoms with Gasteiger partial charge in [0.1, 0.15) is 10.8 Å². The van der Waals surface area contributed by atoms with Crippen LogP contribution in [0.25, 0.3) is 10.8 Å². The van der Waals surface area contributed by atoms with Crippen LogP contribution in [-0.4, -0.2) is 21.1 Å². The third kappa shape index (κ3) is 3.30. The van der Waals surface area contributed by atoms with Crippen LogP contribution in [0, 0.1) is 24.7 Å². The molecule has 4 aliphatic carbocycles. The number of hydrogen-bond acceptors (Lipinski definition) is 7. The Morgan fingerprint density at radius 1 is 1.17 bits per heavy atom. The van der Waals surface area contributed by atoms with Gasteiger partial charge in [0, 0.05) is 10.8 Å². The Morgan fingerprint density at radius 2 is 1.90 bits per heavy atom. The first-order valence-corrected chi connectivity index (χ1v) is 12.4. The van der Waals surface area contributed by atoms with Crippen LogP contribution in [0.2, 0.25) is 0 Å². The van der Waals surface area contributed by atoms with Gasteiger partial charge >= 0.3 is 0 Å². The fraction of sp³-hybridized carbons (Fsp3) is 0.545. The van der Waals surface area contributed by atoms with Crippen molar-refractivity contribution in [2.45, 2.75) is 57.3 Å². The molecule has 6 nitrogen and oxygen atoms in total. The summed E-state index contributed by atoms with van der Waals surface area (Å²) >= 11 is 3.07. The van der Waals surface area contributed by atoms with E-state index in [0.717, 1.165) is 45.0 Å². The number of aryl methyl sites for hydroxylation is 1. The topological polar surface area (TPSA) is 80.9 Å². The lowest BCUT2D eigenvalue weighted by Crippen LogP contribution is -2.48. The maximum Gasteiger partial charge on any atom is 0.232 e. The van der Waals surface area contributed by atoms with Crippen LogP contribution in [0.3, 0.4) is 0 Å². The van der Waals surface area contributed by atoms with Crippen molar-refractivity contribution < 1.29 is 9.21 Å². The largest absolute Gasteiger partial charge is 0.459 e. The molecule has 4 fully saturated rings. The summed E-state index contributed by atoms with van der Waals surface area (Å²) in [6.45, 7) is 1.91. The molecule has 30 heavy (non-hydrogen) atoms. The Balaban J connectivity index is 1.13. The third-order valence-corrected chi connectivity index (χ3v) is 9.00. The molecular formula is C22H24N4O2S2. The molecule has 0 spiro atoms. The number of hydrogen-bond donors (Lipinski definition) is 1. The maximum atomic E-state index is 12.6. The second-order valence-corrected chi connectivity index (χ2v) is 11.2. The van der Waals surface area contributed by atoms with Gasteiger partial charge in [0.2, 0.25) is 11.0 Å². The third-order valence-electron chi connectivity index (χ3n) is 7.01. The molecule has 8 heteroatoms. The van der Waals surface area contributed by atoms with E-state index in [0.29, 0.717) is 5.13 Å². The Labute approximate surface area is 183 Å². The van der Waals surface area contributed by atoms with Crippen molar-refractivity contribution in [1.29, 1.82) is 0 Å². The van der Waals surface area contributed by atoms with Gasteiger partial charge in [-0.2, -0.15) is 0 Å². The highest BCUT2D eigenvalue weighted by Crippen LogP contribution is 2.61. The van der Waals surface area contributed by atoms with Gasteiger partial charge in [-0.15, -0.1) is 21.5 Å². The second kappa shape index (κ2) is 6.99. The van der Waals surface area contributed by atoms with E-state index in [4.69, 9.17) is 4.42 Å². The van der Waals surface area contributed by atoms with E-state index in [-0.39, 0.29) is 17.7 Å². The van der Waals surface area contributed by atoms with Crippen LogP contribution in [0.5, 0.6) is 0 Å². The van der Waals surface area contributed by atoms with Crippen LogP contribution < -0.4 is 5.32 Å². The number of anilines is 1. The summed E-state index contributed by atoms with van der Waals surface area (Å²) in [6.07, 6.45) is 8.24. The Bertz CT molecular complexity index is 1060. The van der Waals surface area contributed by atoms with E-state index < -0.39 is 0 Å². The molecule has 0 saturated heterocycles. The van der Waals surface area contributed by atoms with E-state index in [2.05, 4.69) is 20.5 Å². The number of amides is 1. The fourth-order valence-corrected chi connectivity index (χ4v) is 8.00. The van der Waals surface area contributed by atoms with E-state index in [1.54, 1.807) is 11.3 Å². The summed E-state index contributed by atoms with van der Waals surface area (Å²) in [7, 11) is 0. The molecular weight excluding hydrogens is 416 g/mol. The predicted octanol–water partition coefficient (Wildman–Crippen LogP) is 5.21. The average Bonchev–Trinajstić information content (AvgIpc) is 3.42. The fourth-order valence-electron chi connectivity index (χ4n) is 6.24. The Kier molecular flexibility index (Phi) is 4.35. The summed E-state index contributed by atoms with van der Waals surface area (Å²) in [5, 5.41) is 16.3. The Hall–Kier alpha value is -2.06. The Morgan fingerprint density at radius 3 is 2.57 bits per heavy atom. The van der Waals surface area contributed by atoms with Gasteiger partial charge in [-0.1, -0.05) is 11.3 Å². The number of nitrogens with one attached hydrogen (secondary N) is 1. The van der Waals surface area contributed by atoms with Crippen molar-refractivity contribution in [3.05, 3.63) is 34.0 Å². The minimum absolute atomic E-state index is 0.101. The van der Waals surface area contributed by atoms with Gasteiger partial charge in [-0.05, 0) is 75.3 Å². The first kappa shape index (κ1) is 18.7. The van der Waals surface area contributed by atoms with Crippen LogP contribution in [-0.2, 0) is 16.6 Å². The molecule has 0 aliphatic heterocycles. The van der Waals surface area contributed by atoms with Crippen molar-refractivity contribution >= 4 is 33.7 Å². The molecule has 1 amide bonds. The number of carbonyl (C=O) groups is 1. The van der Waals surface area contributed by atoms with Crippen molar-refractivity contribution in [3.8, 4) is 10.8 Å². The van der Waals surface area contributed by atoms with Gasteiger partial charge in [0.15, 0.2) is 10.8 Å². The second-order valence-electron chi connectivity index (χ2n) is 9.39. The molecule has 0 unspecified atom stereocenters. The maximum absolute atomic E-state index is 12.6. The molecule has 1 N–H and O–H groups in total. The summed E-state index contributed by atoms with van der Waals surface area (Å²) in [4.78, 5) is 17.1. The molecule has 0 aromatic carbocycles. The first-order chi connectivity index (χ1) is 14.5. The zero-order valence-corrected chi connectivity index (χ0v) is 18.5. The first-order valence-electron chi connectivity index (χ1n) is 10.7. The van der Waals surface area contributed by atoms with E-state index in [1.165, 1.54) is 49.9 Å². The molecule has 156 valence electrons. The lowest BCUT2D eigenvalue weighted by Gasteiger charge is -2.55. The van der Waals surface area contributed by atoms with Gasteiger partial charge in [0.05, 0.1) is 12.1 Å². The number of aromatic nitrogens is 3. The standard InChI is InChI=1S/C22H24N4O2S2/c1-12-2-3-17(28-12)19-23-16(11-29-19)7-18(27)24-21-26-25-20(30-21)22-8-13-4-14(9-22)6-15(5-13)10-22/h2-3,11,13-15H,4-10H2,1H3,(H,24,26,27). The lowest BCUT2D eigenvalue weighted by atomic mass is 9.50. The van der Waals surface area contributed by atoms with Crippen molar-refractivity contribution in [2.75, 3.05) is 5.32 Å². The quantitative estimate of drug-likeness (QED) is 0.589. The zero-order chi connectivity index (χ0) is 20.3. The highest BCUT2D eigenvalue weighted by atomic mass is 32.1. The minimum atomic E-state index is -0.101. The molecule has 4 aliphatic rings. The molecule has 7 rings (SSSR count). The SMILES string of the molecule is Cc1ccc(-c2nc(CC(=O)Nc3nnc(C45CC6CC(CC(C6)C4)C5)s3)cs2)o1. The minimum Gasteiger partial charge on any atom is -0.459 e. The van der Waals surface area contributed by atoms with Gasteiger partial charge in [-0.25, -0.2) is 4.98 Å². The van der Waals surface area contributed by atoms with Gasteiger partial charge < -0.3 is 9.73 Å². The molecule has 4 saturated carbocycles. The van der Waals surface area contributed by atoms with E-state index >= 15 is 0 Å². The number of carbonyl (C=O) groups excluding carboxylic acids is 1. The predicted molar refractivity (Wildman–Crippen MR) is 117 cm³/mol. The normalized spacial score (nSPS) is 29.4. The smallest absolute Gasteiger partial charge is 0.232 e. The molecule has 0 atom stereocenters. The van der Waals surface area contributed by atoms with Crippen LogP contribution >= 0.6 is 22.7 Å². The van der Waals surface area contributed by atoms with Crippen molar-refractivity contribution in [2.24, 2.45) is 17.8 Å². The molecule has 3 aromatic rings. The van der Waals surface area contributed by atoms with Crippen LogP contribution in [0.4, 0.5) is 5.13 Å². The zero-order valence-electron chi connectivity index (χ0n) is 16.9. The number of furan rings is 1. The van der Waals surface area contributed by atoms with Gasteiger partial charge in [-0.3, -0.25) is 4.79 Å². The molecule has 4 bridgehead atoms. The van der Waals surface area contributed by atoms with Crippen molar-refractivity contribution in [1.82, 2.24) is 15.2 Å². The summed E-state index contributed by atoms with van der Waals surface area (Å²) in [5.74, 6) is 4.11. The summed E-state index contributed by atoms with van der Waals surface area (Å²) < 4.78 is 5.62. The summed E-state index contributed by atoms with van der Waals surface area (Å²) in [5.41, 5.74) is 0.966. The number of nitrogens with zero attached hydrogens (tertiary/aromatic N) is 3. The monoisotopic (exact) mass is 440 g/mol. The summed E-state index contributed by atoms with van der Waals surface area (Å²) in [6, 6.07) is 3.82. The highest BCUT2D eigenvalue weighted by molar-refractivity contribution is 7.15. The highest BCUT2D eigenvalue weighted by Gasteiger charge is 2.53. The van der Waals surface area contributed by atoms with Gasteiger partial charge in [0.25, 0.3) is 0 Å². The average molecular weight is 441 g/mol. The molecule has 0 radical (unpaired) electrons. The van der Waals surface area contributed by atoms with Crippen LogP contribution in [0.1, 0.15) is 55.0 Å². The van der Waals surface area contributed by atoms with Crippen LogP contribution in [0.15, 0.2) is 21.9 Å². The van der Waals surface area contributed by atoms with E-state index in [1.807, 2.05) is 24.4 Å². The number of rotatable bonds is 5. The van der Waals surface area contributed by atoms with E-state index in [9.17, 15) is 4.79 Å². The lowest BCUT2D eigenvalue weighted by molar-refractivity contribution is -0.115.